The summed E-state index contributed by atoms with van der Waals surface area (Å²) in [5.74, 6) is -0.805. The van der Waals surface area contributed by atoms with Gasteiger partial charge in [-0.05, 0) is 24.6 Å². The molecule has 1 fully saturated rings. The Bertz CT molecular complexity index is 498. The van der Waals surface area contributed by atoms with Crippen LogP contribution in [-0.4, -0.2) is 11.8 Å². The number of hydrogen-bond donors (Lipinski definition) is 0. The normalized spacial score (nSPS) is 22.9. The van der Waals surface area contributed by atoms with Crippen LogP contribution in [0.2, 0.25) is 0 Å². The molecule has 0 spiro atoms. The summed E-state index contributed by atoms with van der Waals surface area (Å²) in [6.45, 7) is 1.46. The molecule has 1 heterocycles. The maximum absolute atomic E-state index is 11.4. The second-order valence-electron chi connectivity index (χ2n) is 4.07. The van der Waals surface area contributed by atoms with Gasteiger partial charge in [0.1, 0.15) is 11.9 Å². The zero-order valence-electron chi connectivity index (χ0n) is 9.34. The van der Waals surface area contributed by atoms with Crippen molar-refractivity contribution in [1.82, 2.24) is 0 Å². The van der Waals surface area contributed by atoms with Gasteiger partial charge in [-0.1, -0.05) is 12.1 Å². The minimum atomic E-state index is -0.507. The van der Waals surface area contributed by atoms with E-state index in [9.17, 15) is 9.59 Å². The number of cyclic esters (lactones) is 1. The van der Waals surface area contributed by atoms with Crippen molar-refractivity contribution in [2.24, 2.45) is 5.92 Å². The SMILES string of the molecule is CC(=O)[C@@H]1CC(=O)O[C@H]1c1ccc(C#N)cc1. The summed E-state index contributed by atoms with van der Waals surface area (Å²) in [4.78, 5) is 22.7. The average molecular weight is 229 g/mol. The molecule has 1 aliphatic rings. The van der Waals surface area contributed by atoms with Crippen LogP contribution in [0.25, 0.3) is 0 Å². The second kappa shape index (κ2) is 4.38. The molecule has 1 aromatic carbocycles. The summed E-state index contributed by atoms with van der Waals surface area (Å²) >= 11 is 0. The van der Waals surface area contributed by atoms with E-state index < -0.39 is 12.0 Å². The summed E-state index contributed by atoms with van der Waals surface area (Å²) < 4.78 is 5.15. The maximum Gasteiger partial charge on any atom is 0.307 e. The van der Waals surface area contributed by atoms with Gasteiger partial charge in [-0.15, -0.1) is 0 Å². The van der Waals surface area contributed by atoms with E-state index in [1.54, 1.807) is 24.3 Å². The Hall–Kier alpha value is -2.15. The van der Waals surface area contributed by atoms with Gasteiger partial charge in [0, 0.05) is 0 Å². The minimum Gasteiger partial charge on any atom is -0.457 e. The van der Waals surface area contributed by atoms with Crippen LogP contribution >= 0.6 is 0 Å². The van der Waals surface area contributed by atoms with E-state index in [1.165, 1.54) is 6.92 Å². The van der Waals surface area contributed by atoms with Crippen LogP contribution in [0.3, 0.4) is 0 Å². The highest BCUT2D eigenvalue weighted by atomic mass is 16.6. The molecule has 1 aliphatic heterocycles. The Kier molecular flexibility index (Phi) is 2.92. The Labute approximate surface area is 98.8 Å². The topological polar surface area (TPSA) is 67.2 Å². The second-order valence-corrected chi connectivity index (χ2v) is 4.07. The molecule has 0 bridgehead atoms. The van der Waals surface area contributed by atoms with Gasteiger partial charge < -0.3 is 4.74 Å². The lowest BCUT2D eigenvalue weighted by Gasteiger charge is -2.15. The van der Waals surface area contributed by atoms with Gasteiger partial charge in [-0.3, -0.25) is 9.59 Å². The molecule has 2 atom stereocenters. The molecule has 0 aromatic heterocycles. The fourth-order valence-corrected chi connectivity index (χ4v) is 1.96. The molecule has 0 N–H and O–H groups in total. The van der Waals surface area contributed by atoms with Crippen LogP contribution in [0.1, 0.15) is 30.6 Å². The number of esters is 1. The molecule has 86 valence electrons. The first kappa shape index (κ1) is 11.3. The average Bonchev–Trinajstić information content (AvgIpc) is 2.72. The lowest BCUT2D eigenvalue weighted by atomic mass is 9.92. The van der Waals surface area contributed by atoms with Crippen LogP contribution in [-0.2, 0) is 14.3 Å². The van der Waals surface area contributed by atoms with Crippen LogP contribution in [0.5, 0.6) is 0 Å². The van der Waals surface area contributed by atoms with Crippen molar-refractivity contribution in [2.75, 3.05) is 0 Å². The zero-order valence-corrected chi connectivity index (χ0v) is 9.34. The third kappa shape index (κ3) is 2.18. The third-order valence-corrected chi connectivity index (χ3v) is 2.90. The van der Waals surface area contributed by atoms with E-state index in [2.05, 4.69) is 0 Å². The summed E-state index contributed by atoms with van der Waals surface area (Å²) in [5, 5.41) is 8.69. The van der Waals surface area contributed by atoms with Gasteiger partial charge in [0.15, 0.2) is 0 Å². The number of carbonyl (C=O) groups is 2. The lowest BCUT2D eigenvalue weighted by molar-refractivity contribution is -0.141. The molecule has 0 saturated carbocycles. The van der Waals surface area contributed by atoms with E-state index >= 15 is 0 Å². The number of carbonyl (C=O) groups excluding carboxylic acids is 2. The zero-order chi connectivity index (χ0) is 12.4. The first-order chi connectivity index (χ1) is 8.11. The summed E-state index contributed by atoms with van der Waals surface area (Å²) in [6.07, 6.45) is -0.368. The van der Waals surface area contributed by atoms with Crippen LogP contribution in [0, 0.1) is 17.2 Å². The maximum atomic E-state index is 11.4. The number of nitriles is 1. The highest BCUT2D eigenvalue weighted by Crippen LogP contribution is 2.35. The Morgan fingerprint density at radius 1 is 1.41 bits per heavy atom. The largest absolute Gasteiger partial charge is 0.457 e. The quantitative estimate of drug-likeness (QED) is 0.724. The number of hydrogen-bond acceptors (Lipinski definition) is 4. The Balaban J connectivity index is 2.29. The van der Waals surface area contributed by atoms with Crippen molar-refractivity contribution in [3.05, 3.63) is 35.4 Å². The first-order valence-corrected chi connectivity index (χ1v) is 5.32. The number of nitrogens with zero attached hydrogens (tertiary/aromatic N) is 1. The van der Waals surface area contributed by atoms with E-state index in [4.69, 9.17) is 10.00 Å². The number of rotatable bonds is 2. The fourth-order valence-electron chi connectivity index (χ4n) is 1.96. The van der Waals surface area contributed by atoms with Crippen molar-refractivity contribution in [3.63, 3.8) is 0 Å². The van der Waals surface area contributed by atoms with Gasteiger partial charge in [-0.25, -0.2) is 0 Å². The highest BCUT2D eigenvalue weighted by Gasteiger charge is 2.38. The molecule has 0 unspecified atom stereocenters. The van der Waals surface area contributed by atoms with Gasteiger partial charge in [-0.2, -0.15) is 5.26 Å². The molecular formula is C13H11NO3. The smallest absolute Gasteiger partial charge is 0.307 e. The summed E-state index contributed by atoms with van der Waals surface area (Å²) in [5.41, 5.74) is 1.30. The molecule has 1 saturated heterocycles. The van der Waals surface area contributed by atoms with Crippen molar-refractivity contribution < 1.29 is 14.3 Å². The Morgan fingerprint density at radius 2 is 2.06 bits per heavy atom. The number of ketones is 1. The number of benzene rings is 1. The predicted molar refractivity (Wildman–Crippen MR) is 58.8 cm³/mol. The molecule has 17 heavy (non-hydrogen) atoms. The van der Waals surface area contributed by atoms with Crippen molar-refractivity contribution in [2.45, 2.75) is 19.4 Å². The summed E-state index contributed by atoms with van der Waals surface area (Å²) in [6, 6.07) is 8.76. The van der Waals surface area contributed by atoms with Crippen molar-refractivity contribution in [3.8, 4) is 6.07 Å². The van der Waals surface area contributed by atoms with E-state index in [0.717, 1.165) is 5.56 Å². The molecule has 0 radical (unpaired) electrons. The first-order valence-electron chi connectivity index (χ1n) is 5.32. The fraction of sp³-hybridized carbons (Fsp3) is 0.308. The van der Waals surface area contributed by atoms with Gasteiger partial charge in [0.2, 0.25) is 0 Å². The van der Waals surface area contributed by atoms with E-state index in [-0.39, 0.29) is 18.2 Å². The molecule has 1 aromatic rings. The van der Waals surface area contributed by atoms with E-state index in [1.807, 2.05) is 6.07 Å². The minimum absolute atomic E-state index is 0.0507. The van der Waals surface area contributed by atoms with Crippen molar-refractivity contribution >= 4 is 11.8 Å². The molecular weight excluding hydrogens is 218 g/mol. The van der Waals surface area contributed by atoms with Gasteiger partial charge in [0.25, 0.3) is 0 Å². The molecule has 0 aliphatic carbocycles. The van der Waals surface area contributed by atoms with E-state index in [0.29, 0.717) is 5.56 Å². The van der Waals surface area contributed by atoms with Gasteiger partial charge in [0.05, 0.1) is 24.0 Å². The predicted octanol–water partition coefficient (Wildman–Crippen LogP) is 1.75. The number of Topliss-reactive ketones (excluding diaryl/α,β-unsaturated/α-hetero) is 1. The summed E-state index contributed by atoms with van der Waals surface area (Å²) in [7, 11) is 0. The molecule has 4 nitrogen and oxygen atoms in total. The number of ether oxygens (including phenoxy) is 1. The van der Waals surface area contributed by atoms with Crippen LogP contribution < -0.4 is 0 Å². The van der Waals surface area contributed by atoms with Crippen LogP contribution in [0.4, 0.5) is 0 Å². The molecule has 0 amide bonds. The third-order valence-electron chi connectivity index (χ3n) is 2.90. The van der Waals surface area contributed by atoms with Crippen molar-refractivity contribution in [1.29, 1.82) is 5.26 Å². The molecule has 2 rings (SSSR count). The molecule has 4 heteroatoms. The van der Waals surface area contributed by atoms with Gasteiger partial charge >= 0.3 is 5.97 Å². The van der Waals surface area contributed by atoms with Crippen LogP contribution in [0.15, 0.2) is 24.3 Å². The highest BCUT2D eigenvalue weighted by molar-refractivity contribution is 5.86. The standard InChI is InChI=1S/C13H11NO3/c1-8(15)11-6-12(16)17-13(11)10-4-2-9(7-14)3-5-10/h2-5,11,13H,6H2,1H3/t11-,13-/m0/s1. The Morgan fingerprint density at radius 3 is 2.59 bits per heavy atom. The monoisotopic (exact) mass is 229 g/mol. The lowest BCUT2D eigenvalue weighted by Crippen LogP contribution is -2.15.